The van der Waals surface area contributed by atoms with Crippen molar-refractivity contribution in [3.8, 4) is 5.75 Å². The van der Waals surface area contributed by atoms with Gasteiger partial charge in [0.1, 0.15) is 11.4 Å². The zero-order chi connectivity index (χ0) is 25.3. The molecular formula is C22H11BrCl2F5NO3. The van der Waals surface area contributed by atoms with Crippen molar-refractivity contribution in [2.24, 2.45) is 0 Å². The SMILES string of the molecule is C=CC1=CC[C@@]2(Cl)C(=O)N(c3c(F)c(F)c(F)c(F)c3F)C(=O)[C@@]2(Cl)[C@H]1c1cc(Br)ccc1O. The zero-order valence-corrected chi connectivity index (χ0v) is 19.7. The number of benzene rings is 2. The van der Waals surface area contributed by atoms with Crippen molar-refractivity contribution in [2.45, 2.75) is 22.1 Å². The Morgan fingerprint density at radius 1 is 1.03 bits per heavy atom. The normalized spacial score (nSPS) is 26.5. The summed E-state index contributed by atoms with van der Waals surface area (Å²) in [5.41, 5.74) is -1.56. The maximum Gasteiger partial charge on any atom is 0.258 e. The molecule has 1 aliphatic carbocycles. The second kappa shape index (κ2) is 8.07. The first-order chi connectivity index (χ1) is 15.8. The first-order valence-corrected chi connectivity index (χ1v) is 11.0. The van der Waals surface area contributed by atoms with Crippen LogP contribution in [0.15, 0.2) is 47.0 Å². The van der Waals surface area contributed by atoms with Gasteiger partial charge in [0, 0.05) is 16.0 Å². The van der Waals surface area contributed by atoms with Crippen molar-refractivity contribution in [3.05, 3.63) is 81.6 Å². The van der Waals surface area contributed by atoms with Gasteiger partial charge in [0.2, 0.25) is 5.82 Å². The summed E-state index contributed by atoms with van der Waals surface area (Å²) in [6.45, 7) is 3.63. The van der Waals surface area contributed by atoms with E-state index < -0.39 is 68.7 Å². The molecule has 1 saturated heterocycles. The fraction of sp³-hybridized carbons (Fsp3) is 0.182. The van der Waals surface area contributed by atoms with E-state index in [1.54, 1.807) is 0 Å². The van der Waals surface area contributed by atoms with Gasteiger partial charge in [-0.05, 0) is 30.2 Å². The van der Waals surface area contributed by atoms with Gasteiger partial charge >= 0.3 is 0 Å². The van der Waals surface area contributed by atoms with Crippen LogP contribution in [0.25, 0.3) is 0 Å². The highest BCUT2D eigenvalue weighted by atomic mass is 79.9. The van der Waals surface area contributed by atoms with Gasteiger partial charge in [-0.2, -0.15) is 0 Å². The van der Waals surface area contributed by atoms with Crippen LogP contribution in [0, 0.1) is 29.1 Å². The number of halogens is 8. The summed E-state index contributed by atoms with van der Waals surface area (Å²) >= 11 is 16.5. The highest BCUT2D eigenvalue weighted by molar-refractivity contribution is 9.10. The zero-order valence-electron chi connectivity index (χ0n) is 16.6. The molecule has 4 rings (SSSR count). The summed E-state index contributed by atoms with van der Waals surface area (Å²) in [5, 5.41) is 10.5. The molecule has 2 aliphatic rings. The van der Waals surface area contributed by atoms with Gasteiger partial charge in [-0.1, -0.05) is 34.7 Å². The molecule has 4 nitrogen and oxygen atoms in total. The Kier molecular flexibility index (Phi) is 5.86. The van der Waals surface area contributed by atoms with Crippen LogP contribution in [0.3, 0.4) is 0 Å². The molecule has 0 saturated carbocycles. The Balaban J connectivity index is 2.02. The van der Waals surface area contributed by atoms with Crippen molar-refractivity contribution in [3.63, 3.8) is 0 Å². The third-order valence-corrected chi connectivity index (χ3v) is 7.84. The van der Waals surface area contributed by atoms with E-state index in [2.05, 4.69) is 22.5 Å². The molecule has 2 aromatic rings. The molecule has 1 fully saturated rings. The molecule has 178 valence electrons. The minimum atomic E-state index is -2.54. The van der Waals surface area contributed by atoms with Crippen molar-refractivity contribution in [1.29, 1.82) is 0 Å². The number of phenols is 1. The van der Waals surface area contributed by atoms with E-state index in [9.17, 15) is 36.6 Å². The van der Waals surface area contributed by atoms with Crippen LogP contribution in [-0.4, -0.2) is 26.7 Å². The first kappa shape index (κ1) is 24.7. The van der Waals surface area contributed by atoms with Crippen molar-refractivity contribution >= 4 is 56.6 Å². The molecule has 0 spiro atoms. The number of rotatable bonds is 3. The highest BCUT2D eigenvalue weighted by Gasteiger charge is 2.74. The number of carbonyl (C=O) groups excluding carboxylic acids is 2. The third kappa shape index (κ3) is 3.01. The maximum absolute atomic E-state index is 14.6. The Morgan fingerprint density at radius 2 is 1.59 bits per heavy atom. The Morgan fingerprint density at radius 3 is 2.15 bits per heavy atom. The monoisotopic (exact) mass is 581 g/mol. The van der Waals surface area contributed by atoms with E-state index in [4.69, 9.17) is 23.2 Å². The Hall–Kier alpha value is -2.43. The average Bonchev–Trinajstić information content (AvgIpc) is 2.95. The van der Waals surface area contributed by atoms with Crippen LogP contribution in [0.2, 0.25) is 0 Å². The molecule has 12 heteroatoms. The minimum Gasteiger partial charge on any atom is -0.508 e. The molecule has 1 heterocycles. The predicted octanol–water partition coefficient (Wildman–Crippen LogP) is 5.98. The van der Waals surface area contributed by atoms with Crippen LogP contribution >= 0.6 is 39.1 Å². The van der Waals surface area contributed by atoms with E-state index in [0.29, 0.717) is 4.47 Å². The van der Waals surface area contributed by atoms with Crippen molar-refractivity contribution in [1.82, 2.24) is 0 Å². The fourth-order valence-corrected chi connectivity index (χ4v) is 5.51. The summed E-state index contributed by atoms with van der Waals surface area (Å²) in [6, 6.07) is 4.10. The minimum absolute atomic E-state index is 0.000612. The molecule has 0 unspecified atom stereocenters. The van der Waals surface area contributed by atoms with Gasteiger partial charge in [0.25, 0.3) is 11.8 Å². The number of nitrogens with zero attached hydrogens (tertiary/aromatic N) is 1. The number of amides is 2. The number of aromatic hydroxyl groups is 1. The predicted molar refractivity (Wildman–Crippen MR) is 117 cm³/mol. The second-order valence-electron chi connectivity index (χ2n) is 7.63. The lowest BCUT2D eigenvalue weighted by Gasteiger charge is -2.42. The standard InChI is InChI=1S/C22H11BrCl2F5NO3/c1-2-8-5-6-21(24)19(33)31(18-16(29)14(27)13(26)15(28)17(18)30)20(34)22(21,25)12(8)10-7-9(23)3-4-11(10)32/h2-5,7,12,32H,1,6H2/t12-,21-,22+/m1/s1. The van der Waals surface area contributed by atoms with Gasteiger partial charge in [-0.25, -0.2) is 26.9 Å². The lowest BCUT2D eigenvalue weighted by Crippen LogP contribution is -2.54. The van der Waals surface area contributed by atoms with E-state index in [1.807, 2.05) is 0 Å². The Bertz CT molecular complexity index is 1310. The number of fused-ring (bicyclic) bond motifs is 1. The maximum atomic E-state index is 14.6. The lowest BCUT2D eigenvalue weighted by molar-refractivity contribution is -0.122. The molecule has 0 bridgehead atoms. The summed E-state index contributed by atoms with van der Waals surface area (Å²) in [7, 11) is 0. The number of carbonyl (C=O) groups is 2. The van der Waals surface area contributed by atoms with Crippen molar-refractivity contribution in [2.75, 3.05) is 4.90 Å². The van der Waals surface area contributed by atoms with Crippen LogP contribution in [0.4, 0.5) is 27.6 Å². The highest BCUT2D eigenvalue weighted by Crippen LogP contribution is 2.61. The van der Waals surface area contributed by atoms with E-state index >= 15 is 0 Å². The van der Waals surface area contributed by atoms with Crippen molar-refractivity contribution < 1.29 is 36.6 Å². The van der Waals surface area contributed by atoms with Gasteiger partial charge < -0.3 is 5.11 Å². The number of hydrogen-bond acceptors (Lipinski definition) is 3. The smallest absolute Gasteiger partial charge is 0.258 e. The van der Waals surface area contributed by atoms with E-state index in [-0.39, 0.29) is 21.8 Å². The number of imide groups is 1. The molecule has 3 atom stereocenters. The van der Waals surface area contributed by atoms with E-state index in [0.717, 1.165) is 0 Å². The summed E-state index contributed by atoms with van der Waals surface area (Å²) in [6.07, 6.45) is 2.23. The second-order valence-corrected chi connectivity index (χ2v) is 9.78. The Labute approximate surface area is 207 Å². The van der Waals surface area contributed by atoms with Gasteiger partial charge in [-0.15, -0.1) is 23.2 Å². The van der Waals surface area contributed by atoms with Gasteiger partial charge in [0.15, 0.2) is 33.0 Å². The number of phenolic OH excluding ortho intramolecular Hbond substituents is 1. The van der Waals surface area contributed by atoms with Gasteiger partial charge in [0.05, 0.1) is 0 Å². The number of allylic oxidation sites excluding steroid dienone is 3. The summed E-state index contributed by atoms with van der Waals surface area (Å²) < 4.78 is 70.9. The van der Waals surface area contributed by atoms with E-state index in [1.165, 1.54) is 30.4 Å². The largest absolute Gasteiger partial charge is 0.508 e. The molecule has 0 aromatic heterocycles. The van der Waals surface area contributed by atoms with Crippen LogP contribution in [-0.2, 0) is 9.59 Å². The van der Waals surface area contributed by atoms with Crippen LogP contribution in [0.5, 0.6) is 5.75 Å². The molecule has 2 amide bonds. The quantitative estimate of drug-likeness (QED) is 0.159. The number of alkyl halides is 2. The third-order valence-electron chi connectivity index (χ3n) is 5.93. The molecule has 1 aliphatic heterocycles. The molecule has 1 N–H and O–H groups in total. The van der Waals surface area contributed by atoms with Crippen LogP contribution < -0.4 is 4.90 Å². The summed E-state index contributed by atoms with van der Waals surface area (Å²) in [4.78, 5) is 21.7. The fourth-order valence-electron chi connectivity index (χ4n) is 4.30. The van der Waals surface area contributed by atoms with Gasteiger partial charge in [-0.3, -0.25) is 9.59 Å². The molecular weight excluding hydrogens is 572 g/mol. The van der Waals surface area contributed by atoms with Crippen LogP contribution in [0.1, 0.15) is 17.9 Å². The number of hydrogen-bond donors (Lipinski definition) is 1. The topological polar surface area (TPSA) is 57.6 Å². The molecule has 0 radical (unpaired) electrons. The first-order valence-electron chi connectivity index (χ1n) is 9.42. The average molecular weight is 583 g/mol. The number of anilines is 1. The summed E-state index contributed by atoms with van der Waals surface area (Å²) in [5.74, 6) is -16.8. The molecule has 34 heavy (non-hydrogen) atoms. The lowest BCUT2D eigenvalue weighted by atomic mass is 9.68. The molecule has 2 aromatic carbocycles.